The summed E-state index contributed by atoms with van der Waals surface area (Å²) >= 11 is 5.03. The fourth-order valence-electron chi connectivity index (χ4n) is 0.123. The van der Waals surface area contributed by atoms with Crippen LogP contribution in [-0.2, 0) is 0 Å². The predicted molar refractivity (Wildman–Crippen MR) is 28.3 cm³/mol. The Bertz CT molecular complexity index is 44.1. The van der Waals surface area contributed by atoms with Crippen molar-refractivity contribution < 1.29 is 0 Å². The molecule has 0 aromatic heterocycles. The third kappa shape index (κ3) is 3.92. The van der Waals surface area contributed by atoms with Gasteiger partial charge in [-0.05, 0) is 0 Å². The van der Waals surface area contributed by atoms with Gasteiger partial charge in [0.15, 0.2) is 0 Å². The fourth-order valence-corrected chi connectivity index (χ4v) is 0.221. The molecule has 0 bridgehead atoms. The predicted octanol–water partition coefficient (Wildman–Crippen LogP) is 0.212. The summed E-state index contributed by atoms with van der Waals surface area (Å²) < 4.78 is 0. The van der Waals surface area contributed by atoms with Gasteiger partial charge in [0.25, 0.3) is 0 Å². The molecule has 3 heteroatoms. The number of hydrogen-bond donors (Lipinski definition) is 1. The molecule has 0 aliphatic carbocycles. The average Bonchev–Trinajstić information content (AvgIpc) is 1.61. The first-order chi connectivity index (χ1) is 2.91. The van der Waals surface area contributed by atoms with Gasteiger partial charge in [-0.2, -0.15) is 0 Å². The lowest BCUT2D eigenvalue weighted by Gasteiger charge is -1.77. The van der Waals surface area contributed by atoms with E-state index in [0.29, 0.717) is 13.1 Å². The summed E-state index contributed by atoms with van der Waals surface area (Å²) in [5, 5.41) is 0. The van der Waals surface area contributed by atoms with Crippen molar-refractivity contribution >= 4 is 17.3 Å². The summed E-state index contributed by atoms with van der Waals surface area (Å²) in [6, 6.07) is 0. The van der Waals surface area contributed by atoms with Gasteiger partial charge in [-0.15, -0.1) is 0 Å². The van der Waals surface area contributed by atoms with E-state index in [1.165, 1.54) is 5.67 Å². The Morgan fingerprint density at radius 2 is 2.50 bits per heavy atom. The molecule has 0 aliphatic heterocycles. The van der Waals surface area contributed by atoms with Crippen molar-refractivity contribution in [3.8, 4) is 0 Å². The highest BCUT2D eigenvalue weighted by Gasteiger charge is 1.65. The smallest absolute Gasteiger partial charge is 0.0871 e. The quantitative estimate of drug-likeness (QED) is 0.503. The zero-order valence-electron chi connectivity index (χ0n) is 3.39. The molecule has 0 heterocycles. The first-order valence-electron chi connectivity index (χ1n) is 1.70. The summed E-state index contributed by atoms with van der Waals surface area (Å²) in [6.07, 6.45) is 0. The third-order valence-electron chi connectivity index (χ3n) is 0.327. The maximum absolute atomic E-state index is 5.04. The minimum absolute atomic E-state index is 0.573. The monoisotopic (exact) mass is 106 g/mol. The molecule has 0 atom stereocenters. The van der Waals surface area contributed by atoms with E-state index in [0.717, 1.165) is 0 Å². The van der Waals surface area contributed by atoms with E-state index in [2.05, 4.69) is 4.99 Å². The van der Waals surface area contributed by atoms with Crippen LogP contribution in [0.15, 0.2) is 4.99 Å². The van der Waals surface area contributed by atoms with Crippen molar-refractivity contribution in [3.63, 3.8) is 0 Å². The zero-order chi connectivity index (χ0) is 4.83. The van der Waals surface area contributed by atoms with E-state index in [4.69, 9.17) is 17.3 Å². The van der Waals surface area contributed by atoms with Crippen molar-refractivity contribution in [2.75, 3.05) is 13.1 Å². The molecule has 0 fully saturated rings. The van der Waals surface area contributed by atoms with Gasteiger partial charge in [0.2, 0.25) is 0 Å². The second-order valence-corrected chi connectivity index (χ2v) is 0.988. The maximum Gasteiger partial charge on any atom is 0.0871 e. The number of halogens is 1. The van der Waals surface area contributed by atoms with E-state index in [9.17, 15) is 0 Å². The van der Waals surface area contributed by atoms with Crippen LogP contribution in [0.25, 0.3) is 0 Å². The van der Waals surface area contributed by atoms with Crippen molar-refractivity contribution in [2.45, 2.75) is 0 Å². The Hall–Kier alpha value is -0.0800. The molecule has 0 amide bonds. The molecular weight excluding hydrogens is 99.5 g/mol. The van der Waals surface area contributed by atoms with Gasteiger partial charge in [0, 0.05) is 6.54 Å². The van der Waals surface area contributed by atoms with Gasteiger partial charge in [0.05, 0.1) is 12.2 Å². The van der Waals surface area contributed by atoms with Gasteiger partial charge < -0.3 is 5.73 Å². The summed E-state index contributed by atoms with van der Waals surface area (Å²) in [5.41, 5.74) is 6.27. The third-order valence-corrected chi connectivity index (χ3v) is 0.465. The average molecular weight is 107 g/mol. The topological polar surface area (TPSA) is 38.4 Å². The van der Waals surface area contributed by atoms with Crippen LogP contribution in [-0.4, -0.2) is 18.8 Å². The second-order valence-electron chi connectivity index (χ2n) is 0.792. The molecule has 6 heavy (non-hydrogen) atoms. The molecule has 0 rings (SSSR count). The van der Waals surface area contributed by atoms with E-state index < -0.39 is 0 Å². The first kappa shape index (κ1) is 5.92. The lowest BCUT2D eigenvalue weighted by atomic mass is 10.7. The van der Waals surface area contributed by atoms with Gasteiger partial charge in [-0.25, -0.2) is 0 Å². The van der Waals surface area contributed by atoms with Gasteiger partial charge in [-0.3, -0.25) is 4.99 Å². The summed E-state index contributed by atoms with van der Waals surface area (Å²) in [5.74, 6) is 0. The number of hydrogen-bond acceptors (Lipinski definition) is 2. The molecule has 2 N–H and O–H groups in total. The Kier molecular flexibility index (Phi) is 4.85. The Balaban J connectivity index is 2.66. The van der Waals surface area contributed by atoms with Crippen LogP contribution in [0.2, 0.25) is 0 Å². The Morgan fingerprint density at radius 3 is 2.67 bits per heavy atom. The molecule has 0 aliphatic rings. The van der Waals surface area contributed by atoms with Crippen LogP contribution < -0.4 is 5.73 Å². The molecule has 36 valence electrons. The highest BCUT2D eigenvalue weighted by molar-refractivity contribution is 6.56. The zero-order valence-corrected chi connectivity index (χ0v) is 4.15. The number of aliphatic imine (C=N–C) groups is 1. The minimum Gasteiger partial charge on any atom is -0.329 e. The normalized spacial score (nSPS) is 10.3. The molecule has 0 aromatic carbocycles. The van der Waals surface area contributed by atoms with Crippen LogP contribution in [0.1, 0.15) is 0 Å². The van der Waals surface area contributed by atoms with E-state index in [1.807, 2.05) is 0 Å². The van der Waals surface area contributed by atoms with Crippen molar-refractivity contribution in [2.24, 2.45) is 10.7 Å². The van der Waals surface area contributed by atoms with Crippen molar-refractivity contribution in [1.29, 1.82) is 0 Å². The van der Waals surface area contributed by atoms with Gasteiger partial charge in [0.1, 0.15) is 0 Å². The number of rotatable bonds is 2. The lowest BCUT2D eigenvalue weighted by Crippen LogP contribution is -2.01. The van der Waals surface area contributed by atoms with Crippen LogP contribution in [0, 0.1) is 0 Å². The molecule has 2 nitrogen and oxygen atoms in total. The summed E-state index contributed by atoms with van der Waals surface area (Å²) in [6.45, 7) is 1.20. The molecule has 0 radical (unpaired) electrons. The minimum atomic E-state index is 0.573. The highest BCUT2D eigenvalue weighted by atomic mass is 35.5. The van der Waals surface area contributed by atoms with Crippen molar-refractivity contribution in [3.05, 3.63) is 0 Å². The van der Waals surface area contributed by atoms with Gasteiger partial charge >= 0.3 is 0 Å². The maximum atomic E-state index is 5.04. The van der Waals surface area contributed by atoms with E-state index >= 15 is 0 Å². The largest absolute Gasteiger partial charge is 0.329 e. The number of nitrogens with zero attached hydrogens (tertiary/aromatic N) is 1. The first-order valence-corrected chi connectivity index (χ1v) is 2.14. The Morgan fingerprint density at radius 1 is 1.83 bits per heavy atom. The lowest BCUT2D eigenvalue weighted by molar-refractivity contribution is 0.983. The van der Waals surface area contributed by atoms with Crippen LogP contribution >= 0.6 is 11.6 Å². The highest BCUT2D eigenvalue weighted by Crippen LogP contribution is 1.64. The van der Waals surface area contributed by atoms with E-state index in [-0.39, 0.29) is 0 Å². The standard InChI is InChI=1S/C3H7ClN2/c4-3-6-2-1-5/h3H,1-2,5H2. The summed E-state index contributed by atoms with van der Waals surface area (Å²) in [4.78, 5) is 3.61. The second kappa shape index (κ2) is 4.92. The van der Waals surface area contributed by atoms with Gasteiger partial charge in [-0.1, -0.05) is 11.6 Å². The SMILES string of the molecule is NCCN=CCl. The molecule has 0 saturated carbocycles. The Labute approximate surface area is 42.0 Å². The van der Waals surface area contributed by atoms with Crippen LogP contribution in [0.5, 0.6) is 0 Å². The molecule has 0 aromatic rings. The number of nitrogens with two attached hydrogens (primary N) is 1. The van der Waals surface area contributed by atoms with Crippen LogP contribution in [0.3, 0.4) is 0 Å². The van der Waals surface area contributed by atoms with E-state index in [1.54, 1.807) is 0 Å². The molecule has 0 saturated heterocycles. The summed E-state index contributed by atoms with van der Waals surface area (Å²) in [7, 11) is 0. The van der Waals surface area contributed by atoms with Crippen LogP contribution in [0.4, 0.5) is 0 Å². The molecular formula is C3H7ClN2. The van der Waals surface area contributed by atoms with Crippen molar-refractivity contribution in [1.82, 2.24) is 0 Å². The molecule has 0 unspecified atom stereocenters. The fraction of sp³-hybridized carbons (Fsp3) is 0.667. The molecule has 0 spiro atoms.